The zero-order chi connectivity index (χ0) is 20.7. The first-order valence-electron chi connectivity index (χ1n) is 9.58. The summed E-state index contributed by atoms with van der Waals surface area (Å²) < 4.78 is 16.4. The van der Waals surface area contributed by atoms with Gasteiger partial charge in [0.25, 0.3) is 0 Å². The Balaban J connectivity index is 1.73. The molecular formula is C23H26ClNO4. The lowest BCUT2D eigenvalue weighted by Gasteiger charge is -2.38. The lowest BCUT2D eigenvalue weighted by atomic mass is 9.74. The van der Waals surface area contributed by atoms with Gasteiger partial charge in [0.2, 0.25) is 5.91 Å². The van der Waals surface area contributed by atoms with E-state index >= 15 is 0 Å². The van der Waals surface area contributed by atoms with Crippen molar-refractivity contribution in [2.24, 2.45) is 0 Å². The Morgan fingerprint density at radius 3 is 2.45 bits per heavy atom. The molecule has 0 unspecified atom stereocenters. The molecule has 1 N–H and O–H groups in total. The van der Waals surface area contributed by atoms with E-state index in [1.165, 1.54) is 0 Å². The van der Waals surface area contributed by atoms with Crippen LogP contribution in [0.3, 0.4) is 0 Å². The van der Waals surface area contributed by atoms with Crippen LogP contribution >= 0.6 is 11.6 Å². The van der Waals surface area contributed by atoms with E-state index in [4.69, 9.17) is 25.8 Å². The number of amides is 1. The zero-order valence-corrected chi connectivity index (χ0v) is 17.5. The minimum absolute atomic E-state index is 0.133. The first kappa shape index (κ1) is 21.2. The van der Waals surface area contributed by atoms with Crippen molar-refractivity contribution in [3.63, 3.8) is 0 Å². The molecule has 1 fully saturated rings. The topological polar surface area (TPSA) is 56.8 Å². The van der Waals surface area contributed by atoms with E-state index in [9.17, 15) is 4.79 Å². The van der Waals surface area contributed by atoms with Crippen LogP contribution in [0.15, 0.2) is 48.5 Å². The molecule has 0 atom stereocenters. The molecule has 0 saturated carbocycles. The molecule has 2 aromatic rings. The summed E-state index contributed by atoms with van der Waals surface area (Å²) in [5.41, 5.74) is 1.83. The average Bonchev–Trinajstić information content (AvgIpc) is 2.77. The van der Waals surface area contributed by atoms with E-state index in [-0.39, 0.29) is 11.3 Å². The molecule has 2 aromatic carbocycles. The highest BCUT2D eigenvalue weighted by Gasteiger charge is 2.35. The van der Waals surface area contributed by atoms with Gasteiger partial charge < -0.3 is 19.5 Å². The third-order valence-electron chi connectivity index (χ3n) is 5.34. The predicted octanol–water partition coefficient (Wildman–Crippen LogP) is 4.24. The number of rotatable bonds is 7. The van der Waals surface area contributed by atoms with Crippen LogP contribution in [0.25, 0.3) is 6.08 Å². The first-order valence-corrected chi connectivity index (χ1v) is 9.96. The van der Waals surface area contributed by atoms with Gasteiger partial charge in [-0.25, -0.2) is 0 Å². The van der Waals surface area contributed by atoms with Crippen LogP contribution in [0, 0.1) is 0 Å². The molecule has 6 heteroatoms. The maximum atomic E-state index is 12.4. The number of carbonyl (C=O) groups is 1. The summed E-state index contributed by atoms with van der Waals surface area (Å²) >= 11 is 5.89. The van der Waals surface area contributed by atoms with E-state index in [0.717, 1.165) is 24.0 Å². The summed E-state index contributed by atoms with van der Waals surface area (Å²) in [5.74, 6) is 1.24. The van der Waals surface area contributed by atoms with Crippen molar-refractivity contribution >= 4 is 23.6 Å². The van der Waals surface area contributed by atoms with Gasteiger partial charge in [0.05, 0.1) is 14.2 Å². The number of carbonyl (C=O) groups excluding carboxylic acids is 1. The number of hydrogen-bond acceptors (Lipinski definition) is 4. The molecule has 3 rings (SSSR count). The summed E-state index contributed by atoms with van der Waals surface area (Å²) in [6, 6.07) is 13.3. The molecule has 0 aromatic heterocycles. The largest absolute Gasteiger partial charge is 0.493 e. The van der Waals surface area contributed by atoms with Gasteiger partial charge in [-0.3, -0.25) is 4.79 Å². The van der Waals surface area contributed by atoms with Gasteiger partial charge in [-0.15, -0.1) is 0 Å². The molecular weight excluding hydrogens is 390 g/mol. The second kappa shape index (κ2) is 9.81. The van der Waals surface area contributed by atoms with E-state index in [1.807, 2.05) is 30.3 Å². The Morgan fingerprint density at radius 2 is 1.79 bits per heavy atom. The molecule has 1 aliphatic rings. The van der Waals surface area contributed by atoms with E-state index in [2.05, 4.69) is 5.32 Å². The molecule has 0 spiro atoms. The fraction of sp³-hybridized carbons (Fsp3) is 0.348. The Bertz CT molecular complexity index is 858. The van der Waals surface area contributed by atoms with Crippen molar-refractivity contribution in [1.82, 2.24) is 5.32 Å². The Hall–Kier alpha value is -2.50. The van der Waals surface area contributed by atoms with Gasteiger partial charge in [-0.1, -0.05) is 29.8 Å². The van der Waals surface area contributed by atoms with Gasteiger partial charge in [0, 0.05) is 36.3 Å². The standard InChI is InChI=1S/C23H26ClNO4/c1-27-20-9-6-18(15-21(20)28-2)23(11-13-29-14-12-23)16-25-22(26)10-5-17-3-7-19(24)8-4-17/h3-10,15H,11-14,16H2,1-2H3,(H,25,26)/b10-5+. The van der Waals surface area contributed by atoms with Crippen molar-refractivity contribution in [3.05, 3.63) is 64.7 Å². The summed E-state index contributed by atoms with van der Waals surface area (Å²) in [5, 5.41) is 3.73. The van der Waals surface area contributed by atoms with Crippen LogP contribution in [0.2, 0.25) is 5.02 Å². The van der Waals surface area contributed by atoms with Crippen LogP contribution in [-0.2, 0) is 14.9 Å². The van der Waals surface area contributed by atoms with Crippen molar-refractivity contribution in [2.45, 2.75) is 18.3 Å². The van der Waals surface area contributed by atoms with Gasteiger partial charge >= 0.3 is 0 Å². The Kier molecular flexibility index (Phi) is 7.18. The number of nitrogens with one attached hydrogen (secondary N) is 1. The fourth-order valence-electron chi connectivity index (χ4n) is 3.56. The molecule has 5 nitrogen and oxygen atoms in total. The highest BCUT2D eigenvalue weighted by molar-refractivity contribution is 6.30. The minimum atomic E-state index is -0.207. The van der Waals surface area contributed by atoms with Crippen LogP contribution in [-0.4, -0.2) is 39.9 Å². The Morgan fingerprint density at radius 1 is 1.10 bits per heavy atom. The maximum absolute atomic E-state index is 12.4. The van der Waals surface area contributed by atoms with Crippen molar-refractivity contribution in [1.29, 1.82) is 0 Å². The lowest BCUT2D eigenvalue weighted by Crippen LogP contribution is -2.44. The summed E-state index contributed by atoms with van der Waals surface area (Å²) in [6.45, 7) is 1.84. The number of ether oxygens (including phenoxy) is 3. The SMILES string of the molecule is COc1ccc(C2(CNC(=O)/C=C/c3ccc(Cl)cc3)CCOCC2)cc1OC. The number of hydrogen-bond donors (Lipinski definition) is 1. The second-order valence-corrected chi connectivity index (χ2v) is 7.50. The third-order valence-corrected chi connectivity index (χ3v) is 5.60. The van der Waals surface area contributed by atoms with Crippen molar-refractivity contribution < 1.29 is 19.0 Å². The maximum Gasteiger partial charge on any atom is 0.244 e. The highest BCUT2D eigenvalue weighted by atomic mass is 35.5. The molecule has 29 heavy (non-hydrogen) atoms. The monoisotopic (exact) mass is 415 g/mol. The summed E-state index contributed by atoms with van der Waals surface area (Å²) in [4.78, 5) is 12.4. The van der Waals surface area contributed by atoms with Gasteiger partial charge in [-0.2, -0.15) is 0 Å². The fourth-order valence-corrected chi connectivity index (χ4v) is 3.68. The number of halogens is 1. The van der Waals surface area contributed by atoms with Crippen LogP contribution in [0.4, 0.5) is 0 Å². The molecule has 0 bridgehead atoms. The van der Waals surface area contributed by atoms with Crippen molar-refractivity contribution in [3.8, 4) is 11.5 Å². The quantitative estimate of drug-likeness (QED) is 0.687. The van der Waals surface area contributed by atoms with Crippen LogP contribution in [0.5, 0.6) is 11.5 Å². The minimum Gasteiger partial charge on any atom is -0.493 e. The van der Waals surface area contributed by atoms with E-state index < -0.39 is 0 Å². The Labute approximate surface area is 176 Å². The first-order chi connectivity index (χ1) is 14.1. The van der Waals surface area contributed by atoms with Crippen LogP contribution in [0.1, 0.15) is 24.0 Å². The average molecular weight is 416 g/mol. The summed E-state index contributed by atoms with van der Waals surface area (Å²) in [7, 11) is 3.25. The van der Waals surface area contributed by atoms with E-state index in [0.29, 0.717) is 36.3 Å². The molecule has 1 aliphatic heterocycles. The normalized spacial score (nSPS) is 15.8. The smallest absolute Gasteiger partial charge is 0.244 e. The molecule has 1 heterocycles. The second-order valence-electron chi connectivity index (χ2n) is 7.07. The lowest BCUT2D eigenvalue weighted by molar-refractivity contribution is -0.116. The molecule has 1 saturated heterocycles. The number of methoxy groups -OCH3 is 2. The third kappa shape index (κ3) is 5.31. The van der Waals surface area contributed by atoms with Gasteiger partial charge in [0.1, 0.15) is 0 Å². The van der Waals surface area contributed by atoms with E-state index in [1.54, 1.807) is 38.5 Å². The molecule has 1 amide bonds. The van der Waals surface area contributed by atoms with Gasteiger partial charge in [0.15, 0.2) is 11.5 Å². The molecule has 154 valence electrons. The highest BCUT2D eigenvalue weighted by Crippen LogP contribution is 2.38. The van der Waals surface area contributed by atoms with Crippen molar-refractivity contribution in [2.75, 3.05) is 34.0 Å². The predicted molar refractivity (Wildman–Crippen MR) is 115 cm³/mol. The number of benzene rings is 2. The summed E-state index contributed by atoms with van der Waals surface area (Å²) in [6.07, 6.45) is 4.97. The molecule has 0 aliphatic carbocycles. The van der Waals surface area contributed by atoms with Gasteiger partial charge in [-0.05, 0) is 54.3 Å². The zero-order valence-electron chi connectivity index (χ0n) is 16.7. The molecule has 0 radical (unpaired) electrons. The van der Waals surface area contributed by atoms with Crippen LogP contribution < -0.4 is 14.8 Å².